The van der Waals surface area contributed by atoms with Crippen LogP contribution in [-0.2, 0) is 43.2 Å². The topological polar surface area (TPSA) is 337 Å². The molecule has 1 saturated heterocycles. The Morgan fingerprint density at radius 1 is 0.519 bits per heavy atom. The van der Waals surface area contributed by atoms with Gasteiger partial charge >= 0.3 is 0 Å². The van der Waals surface area contributed by atoms with Crippen molar-refractivity contribution >= 4 is 53.2 Å². The lowest BCUT2D eigenvalue weighted by molar-refractivity contribution is -0.163. The lowest BCUT2D eigenvalue weighted by atomic mass is 10.1. The number of hydrogen-bond acceptors (Lipinski definition) is 14. The molecule has 0 bridgehead atoms. The largest absolute Gasteiger partial charge is 0.394 e. The van der Waals surface area contributed by atoms with Gasteiger partial charge in [-0.25, -0.2) is 15.2 Å². The van der Waals surface area contributed by atoms with Crippen molar-refractivity contribution in [3.63, 3.8) is 0 Å². The summed E-state index contributed by atoms with van der Waals surface area (Å²) in [6, 6.07) is -7.87. The number of aliphatic hydroxyl groups is 2. The summed E-state index contributed by atoms with van der Waals surface area (Å²) >= 11 is 0. The second kappa shape index (κ2) is 22.8. The molecule has 1 aliphatic rings. The zero-order chi connectivity index (χ0) is 39.5. The molecule has 1 heterocycles. The zero-order valence-electron chi connectivity index (χ0n) is 29.1. The molecule has 0 saturated carbocycles. The molecule has 1 aliphatic heterocycles. The normalized spacial score (nSPS) is 22.3. The number of amides is 9. The highest BCUT2D eigenvalue weighted by atomic mass is 16.5. The number of rotatable bonds is 14. The van der Waals surface area contributed by atoms with Gasteiger partial charge in [0.1, 0.15) is 30.2 Å². The first-order valence-corrected chi connectivity index (χ1v) is 16.3. The van der Waals surface area contributed by atoms with Crippen molar-refractivity contribution in [3.8, 4) is 0 Å². The van der Waals surface area contributed by atoms with Crippen molar-refractivity contribution < 1.29 is 69.0 Å². The maximum Gasteiger partial charge on any atom is 0.245 e. The second-order valence-corrected chi connectivity index (χ2v) is 11.8. The highest BCUT2D eigenvalue weighted by molar-refractivity contribution is 5.97. The van der Waals surface area contributed by atoms with Crippen molar-refractivity contribution in [2.24, 2.45) is 0 Å². The maximum absolute atomic E-state index is 13.4. The Labute approximate surface area is 298 Å². The first kappa shape index (κ1) is 45.1. The Kier molecular flexibility index (Phi) is 19.7. The fourth-order valence-corrected chi connectivity index (χ4v) is 4.63. The van der Waals surface area contributed by atoms with Gasteiger partial charge in [0.05, 0.1) is 19.8 Å². The third-order valence-corrected chi connectivity index (χ3v) is 7.65. The van der Waals surface area contributed by atoms with Crippen LogP contribution in [0.2, 0.25) is 0 Å². The van der Waals surface area contributed by atoms with Crippen LogP contribution in [0.25, 0.3) is 0 Å². The molecular weight excluding hydrogens is 698 g/mol. The molecule has 5 atom stereocenters. The van der Waals surface area contributed by atoms with Gasteiger partial charge in [-0.05, 0) is 38.5 Å². The van der Waals surface area contributed by atoms with Gasteiger partial charge in [0.15, 0.2) is 0 Å². The molecule has 0 aliphatic carbocycles. The van der Waals surface area contributed by atoms with Gasteiger partial charge in [-0.15, -0.1) is 0 Å². The van der Waals surface area contributed by atoms with Gasteiger partial charge in [-0.3, -0.25) is 58.8 Å². The molecule has 9 amide bonds. The number of hydroxylamine groups is 6. The summed E-state index contributed by atoms with van der Waals surface area (Å²) in [5.74, 6) is -8.25. The van der Waals surface area contributed by atoms with Gasteiger partial charge in [-0.2, -0.15) is 0 Å². The van der Waals surface area contributed by atoms with E-state index >= 15 is 0 Å². The summed E-state index contributed by atoms with van der Waals surface area (Å²) in [7, 11) is 0. The monoisotopic (exact) mass is 747 g/mol. The average molecular weight is 748 g/mol. The first-order chi connectivity index (χ1) is 24.4. The van der Waals surface area contributed by atoms with Crippen LogP contribution in [0.3, 0.4) is 0 Å². The molecule has 0 spiro atoms. The van der Waals surface area contributed by atoms with Crippen molar-refractivity contribution in [2.45, 2.75) is 89.5 Å². The van der Waals surface area contributed by atoms with E-state index in [1.54, 1.807) is 0 Å². The molecule has 0 aromatic rings. The molecule has 1 rings (SSSR count). The van der Waals surface area contributed by atoms with Crippen LogP contribution >= 0.6 is 0 Å². The van der Waals surface area contributed by atoms with Gasteiger partial charge in [0.2, 0.25) is 53.2 Å². The van der Waals surface area contributed by atoms with Gasteiger partial charge in [0.25, 0.3) is 0 Å². The molecule has 23 heteroatoms. The van der Waals surface area contributed by atoms with E-state index in [-0.39, 0.29) is 58.2 Å². The molecule has 5 unspecified atom stereocenters. The van der Waals surface area contributed by atoms with Gasteiger partial charge in [0, 0.05) is 40.4 Å². The standard InChI is InChI=1S/C29H49N9O14/c1-16(41)36(50)10-4-7-19-25(45)30-13-24(44)31-20(8-5-11-37(51)17(2)42)26(46)34-23(15-40)29(49)33-21(9-6-12-38(52)18(3)43)27(47)35-22(14-39)28(48)32-19/h19-23,39-40,50-52H,4-15H2,1-3H3,(H,30,45)(H,31,44)(H,32,48)(H,33,49)(H,34,46)(H,35,47). The zero-order valence-corrected chi connectivity index (χ0v) is 29.1. The van der Waals surface area contributed by atoms with Gasteiger partial charge in [-0.1, -0.05) is 0 Å². The van der Waals surface area contributed by atoms with E-state index in [0.717, 1.165) is 20.8 Å². The van der Waals surface area contributed by atoms with Crippen LogP contribution in [0.15, 0.2) is 0 Å². The number of carbonyl (C=O) groups excluding carboxylic acids is 9. The maximum atomic E-state index is 13.4. The predicted octanol–water partition coefficient (Wildman–Crippen LogP) is -5.42. The highest BCUT2D eigenvalue weighted by Gasteiger charge is 2.33. The van der Waals surface area contributed by atoms with E-state index in [1.165, 1.54) is 0 Å². The number of carbonyl (C=O) groups is 9. The number of nitrogens with zero attached hydrogens (tertiary/aromatic N) is 3. The fraction of sp³-hybridized carbons (Fsp3) is 0.690. The smallest absolute Gasteiger partial charge is 0.245 e. The number of nitrogens with one attached hydrogen (secondary N) is 6. The average Bonchev–Trinajstić information content (AvgIpc) is 3.09. The van der Waals surface area contributed by atoms with Crippen LogP contribution in [0.4, 0.5) is 0 Å². The van der Waals surface area contributed by atoms with E-state index < -0.39 is 103 Å². The minimum Gasteiger partial charge on any atom is -0.394 e. The van der Waals surface area contributed by atoms with E-state index in [2.05, 4.69) is 31.9 Å². The van der Waals surface area contributed by atoms with Crippen LogP contribution in [0, 0.1) is 0 Å². The lowest BCUT2D eigenvalue weighted by Gasteiger charge is -2.27. The highest BCUT2D eigenvalue weighted by Crippen LogP contribution is 2.06. The van der Waals surface area contributed by atoms with Crippen molar-refractivity contribution in [1.82, 2.24) is 47.1 Å². The van der Waals surface area contributed by atoms with E-state index in [1.807, 2.05) is 0 Å². The molecule has 0 radical (unpaired) electrons. The summed E-state index contributed by atoms with van der Waals surface area (Å²) in [5.41, 5.74) is 0. The van der Waals surface area contributed by atoms with Crippen LogP contribution < -0.4 is 31.9 Å². The molecule has 294 valence electrons. The number of hydrogen-bond donors (Lipinski definition) is 11. The summed E-state index contributed by atoms with van der Waals surface area (Å²) < 4.78 is 0. The Bertz CT molecular complexity index is 1280. The van der Waals surface area contributed by atoms with Crippen LogP contribution in [0.1, 0.15) is 59.3 Å². The summed E-state index contributed by atoms with van der Waals surface area (Å²) in [6.45, 7) is -0.339. The summed E-state index contributed by atoms with van der Waals surface area (Å²) in [5, 5.41) is 63.8. The second-order valence-electron chi connectivity index (χ2n) is 11.8. The summed E-state index contributed by atoms with van der Waals surface area (Å²) in [6.07, 6.45) is -0.916. The van der Waals surface area contributed by atoms with Gasteiger partial charge < -0.3 is 42.1 Å². The Hall–Kier alpha value is -4.97. The Balaban J connectivity index is 3.48. The SMILES string of the molecule is CC(=O)N(O)CCCC1NC(=O)CNC(=O)C(CCCN(O)C(C)=O)NC(=O)C(CO)NC(=O)C(CCCN(O)C(C)=O)NC(=O)C(CO)NC1=O. The molecular formula is C29H49N9O14. The van der Waals surface area contributed by atoms with E-state index in [0.29, 0.717) is 15.2 Å². The third-order valence-electron chi connectivity index (χ3n) is 7.65. The summed E-state index contributed by atoms with van der Waals surface area (Å²) in [4.78, 5) is 113. The molecule has 52 heavy (non-hydrogen) atoms. The molecule has 0 aromatic heterocycles. The Morgan fingerprint density at radius 3 is 1.13 bits per heavy atom. The number of aliphatic hydroxyl groups excluding tert-OH is 2. The molecule has 1 fully saturated rings. The van der Waals surface area contributed by atoms with Crippen molar-refractivity contribution in [1.29, 1.82) is 0 Å². The fourth-order valence-electron chi connectivity index (χ4n) is 4.63. The van der Waals surface area contributed by atoms with E-state index in [9.17, 15) is 69.0 Å². The minimum absolute atomic E-state index is 0.0521. The predicted molar refractivity (Wildman–Crippen MR) is 172 cm³/mol. The minimum atomic E-state index is -1.71. The van der Waals surface area contributed by atoms with Crippen molar-refractivity contribution in [2.75, 3.05) is 39.4 Å². The first-order valence-electron chi connectivity index (χ1n) is 16.3. The van der Waals surface area contributed by atoms with Crippen LogP contribution in [-0.4, -0.2) is 164 Å². The quantitative estimate of drug-likeness (QED) is 0.0584. The molecule has 11 N–H and O–H groups in total. The van der Waals surface area contributed by atoms with Crippen LogP contribution in [0.5, 0.6) is 0 Å². The third kappa shape index (κ3) is 15.9. The Morgan fingerprint density at radius 2 is 0.808 bits per heavy atom. The lowest BCUT2D eigenvalue weighted by Crippen LogP contribution is -2.61. The molecule has 0 aromatic carbocycles. The van der Waals surface area contributed by atoms with E-state index in [4.69, 9.17) is 0 Å². The van der Waals surface area contributed by atoms with Crippen molar-refractivity contribution in [3.05, 3.63) is 0 Å². The molecule has 23 nitrogen and oxygen atoms in total.